The van der Waals surface area contributed by atoms with E-state index in [9.17, 15) is 9.90 Å². The quantitative estimate of drug-likeness (QED) is 0.451. The van der Waals surface area contributed by atoms with Gasteiger partial charge in [0, 0.05) is 34.6 Å². The molecule has 0 bridgehead atoms. The molecule has 0 saturated heterocycles. The summed E-state index contributed by atoms with van der Waals surface area (Å²) in [6, 6.07) is 13.3. The van der Waals surface area contributed by atoms with E-state index in [1.54, 1.807) is 6.07 Å². The van der Waals surface area contributed by atoms with E-state index in [4.69, 9.17) is 16.3 Å². The lowest BCUT2D eigenvalue weighted by Gasteiger charge is -2.25. The second-order valence-electron chi connectivity index (χ2n) is 10.1. The molecule has 1 aromatic heterocycles. The van der Waals surface area contributed by atoms with Crippen molar-refractivity contribution in [3.63, 3.8) is 0 Å². The van der Waals surface area contributed by atoms with E-state index < -0.39 is 5.41 Å². The van der Waals surface area contributed by atoms with E-state index in [0.29, 0.717) is 18.0 Å². The smallest absolute Gasteiger partial charge is 0.311 e. The monoisotopic (exact) mass is 441 g/mol. The van der Waals surface area contributed by atoms with Gasteiger partial charge in [-0.2, -0.15) is 0 Å². The van der Waals surface area contributed by atoms with Crippen LogP contribution in [0.25, 0.3) is 10.9 Å². The molecule has 0 aliphatic heterocycles. The molecule has 166 valence electrons. The molecule has 3 rings (SSSR count). The summed E-state index contributed by atoms with van der Waals surface area (Å²) in [5.41, 5.74) is 3.78. The molecular formula is C26H32ClNO3. The SMILES string of the molecule is COC(=O)C(C)(C)Cc1c(CC(C)(C)C)c2cc(O)ccc2n1Cc1ccc(Cl)cc1. The minimum Gasteiger partial charge on any atom is -0.508 e. The summed E-state index contributed by atoms with van der Waals surface area (Å²) in [7, 11) is 1.43. The zero-order chi connectivity index (χ0) is 23.0. The fourth-order valence-electron chi connectivity index (χ4n) is 4.11. The van der Waals surface area contributed by atoms with Gasteiger partial charge in [0.15, 0.2) is 0 Å². The lowest BCUT2D eigenvalue weighted by molar-refractivity contribution is -0.150. The molecule has 5 heteroatoms. The first-order valence-electron chi connectivity index (χ1n) is 10.6. The molecule has 0 fully saturated rings. The maximum Gasteiger partial charge on any atom is 0.311 e. The first-order valence-corrected chi connectivity index (χ1v) is 10.9. The Morgan fingerprint density at radius 2 is 1.68 bits per heavy atom. The summed E-state index contributed by atoms with van der Waals surface area (Å²) in [6.07, 6.45) is 1.36. The van der Waals surface area contributed by atoms with E-state index in [2.05, 4.69) is 25.3 Å². The molecule has 1 N–H and O–H groups in total. The van der Waals surface area contributed by atoms with Gasteiger partial charge in [-0.25, -0.2) is 0 Å². The Balaban J connectivity index is 2.25. The average Bonchev–Trinajstić information content (AvgIpc) is 2.93. The van der Waals surface area contributed by atoms with Crippen LogP contribution in [-0.4, -0.2) is 22.8 Å². The molecule has 0 amide bonds. The van der Waals surface area contributed by atoms with Crippen LogP contribution in [0.2, 0.25) is 5.02 Å². The van der Waals surface area contributed by atoms with Gasteiger partial charge < -0.3 is 14.4 Å². The molecule has 0 aliphatic rings. The van der Waals surface area contributed by atoms with Crippen LogP contribution < -0.4 is 0 Å². The van der Waals surface area contributed by atoms with Crippen LogP contribution in [0.3, 0.4) is 0 Å². The topological polar surface area (TPSA) is 51.5 Å². The van der Waals surface area contributed by atoms with Gasteiger partial charge in [-0.3, -0.25) is 4.79 Å². The van der Waals surface area contributed by atoms with Gasteiger partial charge in [-0.15, -0.1) is 0 Å². The Morgan fingerprint density at radius 3 is 2.26 bits per heavy atom. The zero-order valence-electron chi connectivity index (χ0n) is 19.3. The molecule has 2 aromatic carbocycles. The number of benzene rings is 2. The molecule has 0 saturated carbocycles. The highest BCUT2D eigenvalue weighted by Crippen LogP contribution is 2.37. The molecule has 0 spiro atoms. The van der Waals surface area contributed by atoms with Gasteiger partial charge in [0.2, 0.25) is 0 Å². The molecule has 4 nitrogen and oxygen atoms in total. The van der Waals surface area contributed by atoms with Gasteiger partial charge in [-0.05, 0) is 67.1 Å². The molecule has 0 radical (unpaired) electrons. The Bertz CT molecular complexity index is 1090. The summed E-state index contributed by atoms with van der Waals surface area (Å²) in [5.74, 6) is 0.00503. The zero-order valence-corrected chi connectivity index (χ0v) is 20.0. The van der Waals surface area contributed by atoms with E-state index in [1.165, 1.54) is 12.7 Å². The lowest BCUT2D eigenvalue weighted by atomic mass is 9.82. The fraction of sp³-hybridized carbons (Fsp3) is 0.423. The first-order chi connectivity index (χ1) is 14.4. The van der Waals surface area contributed by atoms with Crippen molar-refractivity contribution >= 4 is 28.5 Å². The number of rotatable bonds is 6. The number of hydrogen-bond acceptors (Lipinski definition) is 3. The summed E-state index contributed by atoms with van der Waals surface area (Å²) in [6.45, 7) is 11.1. The summed E-state index contributed by atoms with van der Waals surface area (Å²) < 4.78 is 7.36. The highest BCUT2D eigenvalue weighted by atomic mass is 35.5. The number of phenols is 1. The molecule has 3 aromatic rings. The number of fused-ring (bicyclic) bond motifs is 1. The van der Waals surface area contributed by atoms with Crippen molar-refractivity contribution in [1.29, 1.82) is 0 Å². The largest absolute Gasteiger partial charge is 0.508 e. The van der Waals surface area contributed by atoms with Gasteiger partial charge >= 0.3 is 5.97 Å². The second kappa shape index (κ2) is 8.58. The first kappa shape index (κ1) is 23.2. The molecule has 1 heterocycles. The van der Waals surface area contributed by atoms with Crippen molar-refractivity contribution in [2.75, 3.05) is 7.11 Å². The third kappa shape index (κ3) is 5.24. The Labute approximate surface area is 189 Å². The van der Waals surface area contributed by atoms with Crippen LogP contribution in [0.15, 0.2) is 42.5 Å². The van der Waals surface area contributed by atoms with Crippen LogP contribution in [-0.2, 0) is 28.9 Å². The van der Waals surface area contributed by atoms with Crippen molar-refractivity contribution in [2.24, 2.45) is 10.8 Å². The van der Waals surface area contributed by atoms with Crippen LogP contribution in [0.4, 0.5) is 0 Å². The van der Waals surface area contributed by atoms with Crippen molar-refractivity contribution in [1.82, 2.24) is 4.57 Å². The van der Waals surface area contributed by atoms with Crippen molar-refractivity contribution in [3.05, 3.63) is 64.3 Å². The van der Waals surface area contributed by atoms with E-state index in [1.807, 2.05) is 50.2 Å². The number of halogens is 1. The van der Waals surface area contributed by atoms with E-state index >= 15 is 0 Å². The highest BCUT2D eigenvalue weighted by Gasteiger charge is 2.33. The fourth-order valence-corrected chi connectivity index (χ4v) is 4.24. The molecular weight excluding hydrogens is 410 g/mol. The predicted molar refractivity (Wildman–Crippen MR) is 127 cm³/mol. The summed E-state index contributed by atoms with van der Waals surface area (Å²) in [5, 5.41) is 12.0. The number of methoxy groups -OCH3 is 1. The van der Waals surface area contributed by atoms with Crippen molar-refractivity contribution < 1.29 is 14.6 Å². The normalized spacial score (nSPS) is 12.4. The van der Waals surface area contributed by atoms with E-state index in [-0.39, 0.29) is 17.1 Å². The van der Waals surface area contributed by atoms with Crippen molar-refractivity contribution in [2.45, 2.75) is 54.0 Å². The number of hydrogen-bond donors (Lipinski definition) is 1. The van der Waals surface area contributed by atoms with Crippen LogP contribution >= 0.6 is 11.6 Å². The third-order valence-corrected chi connectivity index (χ3v) is 5.83. The minimum absolute atomic E-state index is 0.0367. The van der Waals surface area contributed by atoms with Gasteiger partial charge in [0.1, 0.15) is 5.75 Å². The number of nitrogens with zero attached hydrogens (tertiary/aromatic N) is 1. The van der Waals surface area contributed by atoms with Crippen LogP contribution in [0.1, 0.15) is 51.4 Å². The van der Waals surface area contributed by atoms with Gasteiger partial charge in [-0.1, -0.05) is 44.5 Å². The average molecular weight is 442 g/mol. The maximum atomic E-state index is 12.5. The minimum atomic E-state index is -0.685. The number of phenolic OH excluding ortho intramolecular Hbond substituents is 1. The van der Waals surface area contributed by atoms with Crippen LogP contribution in [0, 0.1) is 10.8 Å². The second-order valence-corrected chi connectivity index (χ2v) is 10.6. The third-order valence-electron chi connectivity index (χ3n) is 5.58. The molecule has 0 aliphatic carbocycles. The Morgan fingerprint density at radius 1 is 1.03 bits per heavy atom. The predicted octanol–water partition coefficient (Wildman–Crippen LogP) is 6.38. The van der Waals surface area contributed by atoms with Crippen molar-refractivity contribution in [3.8, 4) is 5.75 Å². The lowest BCUT2D eigenvalue weighted by Crippen LogP contribution is -2.30. The number of carbonyl (C=O) groups is 1. The van der Waals surface area contributed by atoms with E-state index in [0.717, 1.165) is 28.6 Å². The Hall–Kier alpha value is -2.46. The molecule has 0 atom stereocenters. The number of carbonyl (C=O) groups excluding carboxylic acids is 1. The standard InChI is InChI=1S/C26H32ClNO3/c1-25(2,3)14-21-20-13-19(29)11-12-22(20)28(16-17-7-9-18(27)10-8-17)23(21)15-26(4,5)24(30)31-6/h7-13,29H,14-16H2,1-6H3. The van der Waals surface area contributed by atoms with Gasteiger partial charge in [0.25, 0.3) is 0 Å². The number of aromatic hydroxyl groups is 1. The Kier molecular flexibility index (Phi) is 6.43. The number of esters is 1. The van der Waals surface area contributed by atoms with Crippen LogP contribution in [0.5, 0.6) is 5.75 Å². The molecule has 31 heavy (non-hydrogen) atoms. The number of ether oxygens (including phenoxy) is 1. The van der Waals surface area contributed by atoms with Gasteiger partial charge in [0.05, 0.1) is 12.5 Å². The summed E-state index contributed by atoms with van der Waals surface area (Å²) in [4.78, 5) is 12.5. The summed E-state index contributed by atoms with van der Waals surface area (Å²) >= 11 is 6.09. The number of aromatic nitrogens is 1. The highest BCUT2D eigenvalue weighted by molar-refractivity contribution is 6.30. The molecule has 0 unspecified atom stereocenters. The maximum absolute atomic E-state index is 12.5.